The molecule has 3 heteroatoms. The molecule has 16 heavy (non-hydrogen) atoms. The largest absolute Gasteiger partial charge is 0.312 e. The molecule has 0 amide bonds. The fourth-order valence-corrected chi connectivity index (χ4v) is 2.55. The van der Waals surface area contributed by atoms with Crippen LogP contribution >= 0.6 is 11.6 Å². The molecule has 0 aliphatic heterocycles. The lowest BCUT2D eigenvalue weighted by atomic mass is 10.1. The highest BCUT2D eigenvalue weighted by atomic mass is 35.5. The summed E-state index contributed by atoms with van der Waals surface area (Å²) in [4.78, 5) is 0. The molecule has 1 N–H and O–H groups in total. The Bertz CT molecular complexity index is 328. The minimum absolute atomic E-state index is 0.216. The molecular weight excluding hydrogens is 225 g/mol. The quantitative estimate of drug-likeness (QED) is 0.847. The van der Waals surface area contributed by atoms with Crippen LogP contribution < -0.4 is 5.32 Å². The highest BCUT2D eigenvalue weighted by Crippen LogP contribution is 2.24. The number of rotatable bonds is 4. The smallest absolute Gasteiger partial charge is 0.129 e. The molecule has 0 saturated heterocycles. The maximum Gasteiger partial charge on any atom is 0.129 e. The molecule has 1 aromatic rings. The minimum atomic E-state index is -0.216. The molecule has 0 unspecified atom stereocenters. The van der Waals surface area contributed by atoms with E-state index in [1.54, 1.807) is 12.1 Å². The van der Waals surface area contributed by atoms with Crippen LogP contribution in [-0.4, -0.2) is 6.54 Å². The SMILES string of the molecule is Fc1cccc(Cl)c1CNCC1CCCC1. The van der Waals surface area contributed by atoms with Crippen molar-refractivity contribution in [2.75, 3.05) is 6.54 Å². The Balaban J connectivity index is 1.84. The van der Waals surface area contributed by atoms with Crippen LogP contribution in [0.5, 0.6) is 0 Å². The van der Waals surface area contributed by atoms with Gasteiger partial charge in [-0.1, -0.05) is 30.5 Å². The molecule has 2 rings (SSSR count). The van der Waals surface area contributed by atoms with Crippen molar-refractivity contribution in [3.05, 3.63) is 34.6 Å². The van der Waals surface area contributed by atoms with E-state index in [2.05, 4.69) is 5.32 Å². The zero-order valence-electron chi connectivity index (χ0n) is 9.31. The van der Waals surface area contributed by atoms with E-state index in [9.17, 15) is 4.39 Å². The van der Waals surface area contributed by atoms with Gasteiger partial charge in [-0.2, -0.15) is 0 Å². The highest BCUT2D eigenvalue weighted by molar-refractivity contribution is 6.31. The molecule has 1 saturated carbocycles. The Morgan fingerprint density at radius 2 is 2.06 bits per heavy atom. The molecule has 0 atom stereocenters. The topological polar surface area (TPSA) is 12.0 Å². The van der Waals surface area contributed by atoms with Gasteiger partial charge in [-0.15, -0.1) is 0 Å². The fourth-order valence-electron chi connectivity index (χ4n) is 2.32. The third-order valence-corrected chi connectivity index (χ3v) is 3.63. The van der Waals surface area contributed by atoms with Crippen LogP contribution in [0, 0.1) is 11.7 Å². The summed E-state index contributed by atoms with van der Waals surface area (Å²) in [6, 6.07) is 4.83. The molecular formula is C13H17ClFN. The summed E-state index contributed by atoms with van der Waals surface area (Å²) in [6.45, 7) is 1.51. The van der Waals surface area contributed by atoms with Gasteiger partial charge in [-0.3, -0.25) is 0 Å². The maximum absolute atomic E-state index is 13.4. The number of halogens is 2. The Morgan fingerprint density at radius 1 is 1.31 bits per heavy atom. The lowest BCUT2D eigenvalue weighted by molar-refractivity contribution is 0.483. The average molecular weight is 242 g/mol. The van der Waals surface area contributed by atoms with E-state index in [1.165, 1.54) is 31.7 Å². The number of nitrogens with one attached hydrogen (secondary N) is 1. The Labute approximate surface area is 101 Å². The highest BCUT2D eigenvalue weighted by Gasteiger charge is 2.14. The molecule has 1 nitrogen and oxygen atoms in total. The van der Waals surface area contributed by atoms with E-state index in [0.717, 1.165) is 12.5 Å². The monoisotopic (exact) mass is 241 g/mol. The molecule has 1 fully saturated rings. The minimum Gasteiger partial charge on any atom is -0.312 e. The molecule has 88 valence electrons. The van der Waals surface area contributed by atoms with Crippen molar-refractivity contribution in [2.45, 2.75) is 32.2 Å². The Kier molecular flexibility index (Phi) is 4.19. The lowest BCUT2D eigenvalue weighted by Crippen LogP contribution is -2.21. The van der Waals surface area contributed by atoms with E-state index in [0.29, 0.717) is 17.1 Å². The molecule has 0 radical (unpaired) electrons. The first-order chi connectivity index (χ1) is 7.77. The van der Waals surface area contributed by atoms with Crippen molar-refractivity contribution in [3.63, 3.8) is 0 Å². The molecule has 0 heterocycles. The number of hydrogen-bond acceptors (Lipinski definition) is 1. The van der Waals surface area contributed by atoms with Gasteiger partial charge in [0.15, 0.2) is 0 Å². The molecule has 0 spiro atoms. The van der Waals surface area contributed by atoms with Crippen molar-refractivity contribution in [1.29, 1.82) is 0 Å². The summed E-state index contributed by atoms with van der Waals surface area (Å²) in [7, 11) is 0. The molecule has 0 bridgehead atoms. The van der Waals surface area contributed by atoms with Crippen LogP contribution in [0.3, 0.4) is 0 Å². The molecule has 1 aliphatic rings. The lowest BCUT2D eigenvalue weighted by Gasteiger charge is -2.11. The van der Waals surface area contributed by atoms with Gasteiger partial charge in [-0.25, -0.2) is 4.39 Å². The standard InChI is InChI=1S/C13H17ClFN/c14-12-6-3-7-13(15)11(12)9-16-8-10-4-1-2-5-10/h3,6-7,10,16H,1-2,4-5,8-9H2. The van der Waals surface area contributed by atoms with Crippen molar-refractivity contribution in [1.82, 2.24) is 5.32 Å². The van der Waals surface area contributed by atoms with Gasteiger partial charge in [0.1, 0.15) is 5.82 Å². The van der Waals surface area contributed by atoms with E-state index in [1.807, 2.05) is 0 Å². The van der Waals surface area contributed by atoms with Gasteiger partial charge in [0, 0.05) is 17.1 Å². The zero-order chi connectivity index (χ0) is 11.4. The van der Waals surface area contributed by atoms with Gasteiger partial charge in [0.2, 0.25) is 0 Å². The third kappa shape index (κ3) is 2.96. The average Bonchev–Trinajstić information content (AvgIpc) is 2.75. The van der Waals surface area contributed by atoms with Crippen molar-refractivity contribution in [3.8, 4) is 0 Å². The summed E-state index contributed by atoms with van der Waals surface area (Å²) in [5, 5.41) is 3.81. The summed E-state index contributed by atoms with van der Waals surface area (Å²) < 4.78 is 13.4. The van der Waals surface area contributed by atoms with Gasteiger partial charge >= 0.3 is 0 Å². The normalized spacial score (nSPS) is 16.9. The van der Waals surface area contributed by atoms with Crippen LogP contribution in [0.1, 0.15) is 31.2 Å². The maximum atomic E-state index is 13.4. The Morgan fingerprint density at radius 3 is 2.75 bits per heavy atom. The first-order valence-corrected chi connectivity index (χ1v) is 6.29. The van der Waals surface area contributed by atoms with Crippen LogP contribution in [0.4, 0.5) is 4.39 Å². The fraction of sp³-hybridized carbons (Fsp3) is 0.538. The molecule has 0 aromatic heterocycles. The second-order valence-corrected chi connectivity index (χ2v) is 4.89. The van der Waals surface area contributed by atoms with Crippen molar-refractivity contribution >= 4 is 11.6 Å². The van der Waals surface area contributed by atoms with Crippen LogP contribution in [0.15, 0.2) is 18.2 Å². The van der Waals surface area contributed by atoms with Gasteiger partial charge in [0.25, 0.3) is 0 Å². The van der Waals surface area contributed by atoms with Crippen LogP contribution in [0.25, 0.3) is 0 Å². The predicted molar refractivity (Wildman–Crippen MR) is 65.1 cm³/mol. The third-order valence-electron chi connectivity index (χ3n) is 3.27. The second-order valence-electron chi connectivity index (χ2n) is 4.48. The molecule has 1 aromatic carbocycles. The van der Waals surface area contributed by atoms with E-state index >= 15 is 0 Å². The number of hydrogen-bond donors (Lipinski definition) is 1. The van der Waals surface area contributed by atoms with E-state index in [-0.39, 0.29) is 5.82 Å². The van der Waals surface area contributed by atoms with Gasteiger partial charge in [-0.05, 0) is 37.4 Å². The van der Waals surface area contributed by atoms with Crippen molar-refractivity contribution < 1.29 is 4.39 Å². The number of benzene rings is 1. The second kappa shape index (κ2) is 5.65. The first kappa shape index (κ1) is 11.9. The summed E-state index contributed by atoms with van der Waals surface area (Å²) in [5.41, 5.74) is 0.585. The van der Waals surface area contributed by atoms with E-state index in [4.69, 9.17) is 11.6 Å². The Hall–Kier alpha value is -0.600. The van der Waals surface area contributed by atoms with Gasteiger partial charge in [0.05, 0.1) is 0 Å². The summed E-state index contributed by atoms with van der Waals surface area (Å²) in [6.07, 6.45) is 5.29. The van der Waals surface area contributed by atoms with Crippen LogP contribution in [0.2, 0.25) is 5.02 Å². The van der Waals surface area contributed by atoms with Gasteiger partial charge < -0.3 is 5.32 Å². The predicted octanol–water partition coefficient (Wildman–Crippen LogP) is 3.76. The summed E-state index contributed by atoms with van der Waals surface area (Å²) in [5.74, 6) is 0.553. The first-order valence-electron chi connectivity index (χ1n) is 5.91. The van der Waals surface area contributed by atoms with E-state index < -0.39 is 0 Å². The van der Waals surface area contributed by atoms with Crippen LogP contribution in [-0.2, 0) is 6.54 Å². The molecule has 1 aliphatic carbocycles. The van der Waals surface area contributed by atoms with Crippen molar-refractivity contribution in [2.24, 2.45) is 5.92 Å². The summed E-state index contributed by atoms with van der Waals surface area (Å²) >= 11 is 5.94. The zero-order valence-corrected chi connectivity index (χ0v) is 10.1.